The zero-order valence-corrected chi connectivity index (χ0v) is 20.0. The predicted octanol–water partition coefficient (Wildman–Crippen LogP) is 5.40. The van der Waals surface area contributed by atoms with Gasteiger partial charge in [-0.05, 0) is 36.1 Å². The molecule has 1 saturated heterocycles. The number of amides is 1. The van der Waals surface area contributed by atoms with E-state index >= 15 is 0 Å². The zero-order valence-electron chi connectivity index (χ0n) is 20.0. The highest BCUT2D eigenvalue weighted by Gasteiger charge is 2.24. The van der Waals surface area contributed by atoms with Crippen LogP contribution in [0.1, 0.15) is 18.4 Å². The van der Waals surface area contributed by atoms with Crippen LogP contribution in [-0.2, 0) is 4.79 Å². The van der Waals surface area contributed by atoms with Crippen molar-refractivity contribution in [2.45, 2.75) is 25.9 Å². The molecule has 1 N–H and O–H groups in total. The third-order valence-electron chi connectivity index (χ3n) is 6.54. The number of ether oxygens (including phenoxy) is 2. The maximum Gasteiger partial charge on any atom is 0.245 e. The summed E-state index contributed by atoms with van der Waals surface area (Å²) in [6.45, 7) is 6.97. The summed E-state index contributed by atoms with van der Waals surface area (Å²) in [7, 11) is 1.62. The molecule has 0 atom stereocenters. The molecule has 7 nitrogen and oxygen atoms in total. The van der Waals surface area contributed by atoms with Gasteiger partial charge in [0.25, 0.3) is 0 Å². The van der Waals surface area contributed by atoms with Crippen LogP contribution in [-0.4, -0.2) is 47.1 Å². The maximum absolute atomic E-state index is 11.9. The van der Waals surface area contributed by atoms with Gasteiger partial charge in [-0.15, -0.1) is 0 Å². The average molecular weight is 469 g/mol. The Kier molecular flexibility index (Phi) is 6.23. The highest BCUT2D eigenvalue weighted by molar-refractivity contribution is 6.00. The van der Waals surface area contributed by atoms with Crippen molar-refractivity contribution in [2.75, 3.05) is 25.5 Å². The van der Waals surface area contributed by atoms with Gasteiger partial charge in [0.1, 0.15) is 18.2 Å². The number of rotatable bonds is 6. The molecule has 0 unspecified atom stereocenters. The summed E-state index contributed by atoms with van der Waals surface area (Å²) < 4.78 is 12.0. The van der Waals surface area contributed by atoms with E-state index in [0.717, 1.165) is 34.8 Å². The molecule has 178 valence electrons. The van der Waals surface area contributed by atoms with Crippen molar-refractivity contribution in [3.63, 3.8) is 0 Å². The number of hydrogen-bond donors (Lipinski definition) is 1. The van der Waals surface area contributed by atoms with Crippen molar-refractivity contribution in [1.82, 2.24) is 14.9 Å². The number of benzene rings is 3. The molecule has 3 aromatic carbocycles. The van der Waals surface area contributed by atoms with E-state index in [-0.39, 0.29) is 12.0 Å². The molecule has 0 bridgehead atoms. The summed E-state index contributed by atoms with van der Waals surface area (Å²) in [5, 5.41) is 6.68. The van der Waals surface area contributed by atoms with E-state index in [1.807, 2.05) is 24.3 Å². The predicted molar refractivity (Wildman–Crippen MR) is 138 cm³/mol. The third-order valence-corrected chi connectivity index (χ3v) is 6.54. The second-order valence-corrected chi connectivity index (χ2v) is 8.69. The fourth-order valence-corrected chi connectivity index (χ4v) is 4.60. The number of nitrogens with one attached hydrogen (secondary N) is 1. The quantitative estimate of drug-likeness (QED) is 0.382. The van der Waals surface area contributed by atoms with Gasteiger partial charge in [0.15, 0.2) is 11.5 Å². The van der Waals surface area contributed by atoms with Gasteiger partial charge >= 0.3 is 0 Å². The Balaban J connectivity index is 1.46. The smallest absolute Gasteiger partial charge is 0.245 e. The summed E-state index contributed by atoms with van der Waals surface area (Å²) in [5.74, 6) is 1.92. The number of piperidine rings is 1. The van der Waals surface area contributed by atoms with Crippen molar-refractivity contribution in [3.8, 4) is 11.5 Å². The molecule has 1 amide bonds. The second-order valence-electron chi connectivity index (χ2n) is 8.69. The van der Waals surface area contributed by atoms with E-state index in [1.54, 1.807) is 18.3 Å². The van der Waals surface area contributed by atoms with Crippen LogP contribution in [0.15, 0.2) is 67.5 Å². The lowest BCUT2D eigenvalue weighted by molar-refractivity contribution is -0.127. The molecular formula is C28H28N4O3. The number of methoxy groups -OCH3 is 1. The van der Waals surface area contributed by atoms with Gasteiger partial charge in [0.2, 0.25) is 5.91 Å². The molecule has 0 spiro atoms. The Morgan fingerprint density at radius 2 is 1.83 bits per heavy atom. The number of aromatic nitrogens is 2. The standard InChI is InChI=1S/C28H28N4O3/c1-4-27(33)32-13-11-19(12-14-32)35-26-15-22-24(16-25(26)34-3)29-17-30-28(22)31-23-10-9-18(2)20-7-5-6-8-21(20)23/h4-10,15-17,19H,1,11-14H2,2-3H3,(H,29,30,31). The number of likely N-dealkylation sites (tertiary alicyclic amines) is 1. The van der Waals surface area contributed by atoms with E-state index in [1.165, 1.54) is 17.0 Å². The largest absolute Gasteiger partial charge is 0.493 e. The number of anilines is 2. The fourth-order valence-electron chi connectivity index (χ4n) is 4.60. The summed E-state index contributed by atoms with van der Waals surface area (Å²) in [5.41, 5.74) is 2.96. The first kappa shape index (κ1) is 22.7. The van der Waals surface area contributed by atoms with Gasteiger partial charge < -0.3 is 19.7 Å². The minimum Gasteiger partial charge on any atom is -0.493 e. The molecular weight excluding hydrogens is 440 g/mol. The van der Waals surface area contributed by atoms with Crippen molar-refractivity contribution in [3.05, 3.63) is 73.1 Å². The molecule has 0 saturated carbocycles. The molecule has 0 radical (unpaired) electrons. The lowest BCUT2D eigenvalue weighted by Gasteiger charge is -2.31. The van der Waals surface area contributed by atoms with Crippen molar-refractivity contribution in [2.24, 2.45) is 0 Å². The van der Waals surface area contributed by atoms with Gasteiger partial charge in [-0.25, -0.2) is 9.97 Å². The van der Waals surface area contributed by atoms with Crippen LogP contribution in [0.3, 0.4) is 0 Å². The lowest BCUT2D eigenvalue weighted by atomic mass is 10.0. The molecule has 7 heteroatoms. The highest BCUT2D eigenvalue weighted by Crippen LogP contribution is 2.37. The number of aryl methyl sites for hydroxylation is 1. The van der Waals surface area contributed by atoms with Gasteiger partial charge in [-0.2, -0.15) is 0 Å². The van der Waals surface area contributed by atoms with Gasteiger partial charge in [-0.1, -0.05) is 36.9 Å². The first-order valence-electron chi connectivity index (χ1n) is 11.7. The normalized spacial score (nSPS) is 14.2. The second kappa shape index (κ2) is 9.62. The summed E-state index contributed by atoms with van der Waals surface area (Å²) in [4.78, 5) is 22.7. The Hall–Kier alpha value is -4.13. The first-order chi connectivity index (χ1) is 17.1. The van der Waals surface area contributed by atoms with Crippen LogP contribution in [0.5, 0.6) is 11.5 Å². The van der Waals surface area contributed by atoms with E-state index in [9.17, 15) is 4.79 Å². The van der Waals surface area contributed by atoms with Crippen LogP contribution < -0.4 is 14.8 Å². The Morgan fingerprint density at radius 3 is 2.57 bits per heavy atom. The Bertz CT molecular complexity index is 1410. The molecule has 1 aromatic heterocycles. The molecule has 2 heterocycles. The fraction of sp³-hybridized carbons (Fsp3) is 0.250. The van der Waals surface area contributed by atoms with Crippen LogP contribution in [0.4, 0.5) is 11.5 Å². The van der Waals surface area contributed by atoms with Crippen molar-refractivity contribution < 1.29 is 14.3 Å². The molecule has 35 heavy (non-hydrogen) atoms. The van der Waals surface area contributed by atoms with Crippen LogP contribution in [0.2, 0.25) is 0 Å². The maximum atomic E-state index is 11.9. The molecule has 0 aliphatic carbocycles. The molecule has 5 rings (SSSR count). The van der Waals surface area contributed by atoms with Crippen LogP contribution >= 0.6 is 0 Å². The van der Waals surface area contributed by atoms with Gasteiger partial charge in [0, 0.05) is 48.5 Å². The lowest BCUT2D eigenvalue weighted by Crippen LogP contribution is -2.41. The SMILES string of the molecule is C=CC(=O)N1CCC(Oc2cc3c(Nc4ccc(C)c5ccccc45)ncnc3cc2OC)CC1. The minimum atomic E-state index is -0.0387. The Labute approximate surface area is 204 Å². The molecule has 1 fully saturated rings. The van der Waals surface area contributed by atoms with Crippen molar-refractivity contribution >= 4 is 39.1 Å². The van der Waals surface area contributed by atoms with E-state index in [0.29, 0.717) is 30.4 Å². The molecule has 4 aromatic rings. The number of nitrogens with zero attached hydrogens (tertiary/aromatic N) is 3. The summed E-state index contributed by atoms with van der Waals surface area (Å²) in [6, 6.07) is 16.3. The summed E-state index contributed by atoms with van der Waals surface area (Å²) >= 11 is 0. The van der Waals surface area contributed by atoms with E-state index in [2.05, 4.69) is 53.1 Å². The molecule has 1 aliphatic heterocycles. The van der Waals surface area contributed by atoms with Crippen molar-refractivity contribution in [1.29, 1.82) is 0 Å². The van der Waals surface area contributed by atoms with Crippen LogP contribution in [0, 0.1) is 6.92 Å². The zero-order chi connectivity index (χ0) is 24.4. The van der Waals surface area contributed by atoms with Crippen LogP contribution in [0.25, 0.3) is 21.7 Å². The average Bonchev–Trinajstić information content (AvgIpc) is 2.90. The number of fused-ring (bicyclic) bond motifs is 2. The third kappa shape index (κ3) is 4.49. The van der Waals surface area contributed by atoms with Gasteiger partial charge in [-0.3, -0.25) is 4.79 Å². The van der Waals surface area contributed by atoms with E-state index < -0.39 is 0 Å². The number of carbonyl (C=O) groups is 1. The Morgan fingerprint density at radius 1 is 1.06 bits per heavy atom. The minimum absolute atomic E-state index is 0.0164. The monoisotopic (exact) mass is 468 g/mol. The summed E-state index contributed by atoms with van der Waals surface area (Å²) in [6.07, 6.45) is 4.38. The number of carbonyl (C=O) groups excluding carboxylic acids is 1. The topological polar surface area (TPSA) is 76.6 Å². The highest BCUT2D eigenvalue weighted by atomic mass is 16.5. The molecule has 1 aliphatic rings. The first-order valence-corrected chi connectivity index (χ1v) is 11.7. The van der Waals surface area contributed by atoms with Gasteiger partial charge in [0.05, 0.1) is 12.6 Å². The number of hydrogen-bond acceptors (Lipinski definition) is 6. The van der Waals surface area contributed by atoms with E-state index in [4.69, 9.17) is 9.47 Å².